The molecule has 0 radical (unpaired) electrons. The Kier molecular flexibility index (Phi) is 5.64. The molecule has 2 heterocycles. The van der Waals surface area contributed by atoms with Gasteiger partial charge in [-0.05, 0) is 68.3 Å². The third kappa shape index (κ3) is 3.49. The Morgan fingerprint density at radius 1 is 0.833 bits per heavy atom. The fraction of sp³-hybridized carbons (Fsp3) is 0.120. The van der Waals surface area contributed by atoms with Crippen LogP contribution in [-0.2, 0) is 19.9 Å². The molecule has 182 valence electrons. The number of carbonyl (C=O) groups excluding carboxylic acids is 3. The van der Waals surface area contributed by atoms with Crippen LogP contribution >= 0.6 is 31.9 Å². The first-order chi connectivity index (χ1) is 17.0. The molecule has 2 aliphatic heterocycles. The molecule has 1 N–H and O–H groups in total. The van der Waals surface area contributed by atoms with Gasteiger partial charge in [-0.2, -0.15) is 0 Å². The third-order valence-corrected chi connectivity index (χ3v) is 7.21. The lowest BCUT2D eigenvalue weighted by molar-refractivity contribution is -0.132. The zero-order valence-corrected chi connectivity index (χ0v) is 21.7. The predicted octanol–water partition coefficient (Wildman–Crippen LogP) is 5.33. The summed E-state index contributed by atoms with van der Waals surface area (Å²) in [6.07, 6.45) is 0. The molecule has 9 nitrogen and oxygen atoms in total. The summed E-state index contributed by atoms with van der Waals surface area (Å²) in [7, 11) is 0. The highest BCUT2D eigenvalue weighted by Crippen LogP contribution is 2.60. The van der Waals surface area contributed by atoms with Crippen molar-refractivity contribution in [2.45, 2.75) is 19.4 Å². The molecule has 0 saturated heterocycles. The number of rotatable bonds is 3. The fourth-order valence-corrected chi connectivity index (χ4v) is 5.36. The minimum absolute atomic E-state index is 0.0759. The van der Waals surface area contributed by atoms with Crippen LogP contribution in [0.3, 0.4) is 0 Å². The molecule has 0 aliphatic carbocycles. The fourth-order valence-electron chi connectivity index (χ4n) is 4.35. The molecular weight excluding hydrogens is 604 g/mol. The Morgan fingerprint density at radius 2 is 1.33 bits per heavy atom. The highest BCUT2D eigenvalue weighted by atomic mass is 79.9. The lowest BCUT2D eigenvalue weighted by atomic mass is 9.77. The van der Waals surface area contributed by atoms with Crippen molar-refractivity contribution in [1.82, 2.24) is 0 Å². The Balaban J connectivity index is 1.84. The number of hydrogen-bond donors (Lipinski definition) is 1. The van der Waals surface area contributed by atoms with Crippen molar-refractivity contribution in [3.8, 4) is 23.0 Å². The van der Waals surface area contributed by atoms with Gasteiger partial charge >= 0.3 is 23.9 Å². The normalized spacial score (nSPS) is 14.2. The number of halogens is 2. The van der Waals surface area contributed by atoms with Gasteiger partial charge in [0.2, 0.25) is 0 Å². The van der Waals surface area contributed by atoms with E-state index < -0.39 is 29.5 Å². The van der Waals surface area contributed by atoms with Crippen molar-refractivity contribution in [2.75, 3.05) is 0 Å². The summed E-state index contributed by atoms with van der Waals surface area (Å²) in [5.74, 6) is -2.34. The summed E-state index contributed by atoms with van der Waals surface area (Å²) in [5.41, 5.74) is -0.342. The number of hydrogen-bond acceptors (Lipinski definition) is 8. The molecule has 11 heteroatoms. The molecule has 1 spiro atoms. The molecule has 0 atom stereocenters. The Morgan fingerprint density at radius 3 is 1.81 bits per heavy atom. The number of fused-ring (bicyclic) bond motifs is 6. The number of esters is 3. The molecule has 0 bridgehead atoms. The summed E-state index contributed by atoms with van der Waals surface area (Å²) in [4.78, 5) is 47.9. The summed E-state index contributed by atoms with van der Waals surface area (Å²) in [6, 6.07) is 10.4. The lowest BCUT2D eigenvalue weighted by Crippen LogP contribution is -2.33. The third-order valence-electron chi connectivity index (χ3n) is 5.70. The van der Waals surface area contributed by atoms with E-state index in [1.54, 1.807) is 12.1 Å². The van der Waals surface area contributed by atoms with Crippen LogP contribution in [0.15, 0.2) is 51.4 Å². The SMILES string of the molecule is CC(=O)Oc1ccc2c(c1Br)Oc1c(ccc(OC(C)=O)c1Br)C21OC(=O)c2cc(C(=O)O)ccc21. The van der Waals surface area contributed by atoms with Crippen LogP contribution < -0.4 is 14.2 Å². The van der Waals surface area contributed by atoms with Crippen molar-refractivity contribution >= 4 is 55.7 Å². The number of carboxylic acids is 1. The van der Waals surface area contributed by atoms with Crippen molar-refractivity contribution < 1.29 is 43.2 Å². The van der Waals surface area contributed by atoms with Gasteiger partial charge in [0, 0.05) is 30.5 Å². The monoisotopic (exact) mass is 616 g/mol. The average Bonchev–Trinajstić information content (AvgIpc) is 3.10. The van der Waals surface area contributed by atoms with E-state index in [0.29, 0.717) is 16.7 Å². The number of aromatic carboxylic acids is 1. The van der Waals surface area contributed by atoms with Crippen LogP contribution in [0.4, 0.5) is 0 Å². The van der Waals surface area contributed by atoms with Crippen LogP contribution in [0, 0.1) is 0 Å². The quantitative estimate of drug-likeness (QED) is 0.307. The number of carboxylic acid groups (broad SMARTS) is 1. The number of ether oxygens (including phenoxy) is 4. The first-order valence-corrected chi connectivity index (χ1v) is 11.9. The van der Waals surface area contributed by atoms with Gasteiger partial charge in [0.15, 0.2) is 17.1 Å². The van der Waals surface area contributed by atoms with Crippen LogP contribution in [0.2, 0.25) is 0 Å². The Bertz CT molecular complexity index is 1450. The molecule has 0 amide bonds. The summed E-state index contributed by atoms with van der Waals surface area (Å²) in [5, 5.41) is 9.43. The zero-order valence-electron chi connectivity index (χ0n) is 18.5. The molecular formula is C25H14Br2O9. The summed E-state index contributed by atoms with van der Waals surface area (Å²) < 4.78 is 23.3. The van der Waals surface area contributed by atoms with Crippen molar-refractivity contribution in [2.24, 2.45) is 0 Å². The second-order valence-electron chi connectivity index (χ2n) is 7.93. The minimum atomic E-state index is -1.54. The molecule has 0 fully saturated rings. The average molecular weight is 618 g/mol. The van der Waals surface area contributed by atoms with E-state index in [1.165, 1.54) is 44.2 Å². The zero-order chi connectivity index (χ0) is 25.9. The molecule has 0 aromatic heterocycles. The molecule has 5 rings (SSSR count). The first kappa shape index (κ1) is 24.0. The van der Waals surface area contributed by atoms with Crippen LogP contribution in [0.25, 0.3) is 0 Å². The first-order valence-electron chi connectivity index (χ1n) is 10.4. The van der Waals surface area contributed by atoms with Gasteiger partial charge in [-0.25, -0.2) is 9.59 Å². The topological polar surface area (TPSA) is 125 Å². The van der Waals surface area contributed by atoms with Gasteiger partial charge in [0.1, 0.15) is 20.4 Å². The van der Waals surface area contributed by atoms with Crippen LogP contribution in [-0.4, -0.2) is 29.0 Å². The maximum atomic E-state index is 13.1. The Hall–Kier alpha value is -3.70. The van der Waals surface area contributed by atoms with Gasteiger partial charge in [0.05, 0.1) is 11.1 Å². The summed E-state index contributed by atoms with van der Waals surface area (Å²) >= 11 is 6.85. The summed E-state index contributed by atoms with van der Waals surface area (Å²) in [6.45, 7) is 2.50. The van der Waals surface area contributed by atoms with Gasteiger partial charge in [0.25, 0.3) is 0 Å². The molecule has 0 unspecified atom stereocenters. The van der Waals surface area contributed by atoms with E-state index in [9.17, 15) is 24.3 Å². The van der Waals surface area contributed by atoms with Gasteiger partial charge in [-0.1, -0.05) is 6.07 Å². The van der Waals surface area contributed by atoms with E-state index >= 15 is 0 Å². The second kappa shape index (κ2) is 8.45. The number of carbonyl (C=O) groups is 4. The molecule has 3 aromatic carbocycles. The molecule has 3 aromatic rings. The Labute approximate surface area is 220 Å². The predicted molar refractivity (Wildman–Crippen MR) is 130 cm³/mol. The number of benzene rings is 3. The van der Waals surface area contributed by atoms with Gasteiger partial charge in [-0.15, -0.1) is 0 Å². The molecule has 0 saturated carbocycles. The molecule has 36 heavy (non-hydrogen) atoms. The van der Waals surface area contributed by atoms with Gasteiger partial charge in [-0.3, -0.25) is 9.59 Å². The lowest BCUT2D eigenvalue weighted by Gasteiger charge is -2.37. The maximum Gasteiger partial charge on any atom is 0.340 e. The standard InChI is InChI=1S/C25H14Br2O9/c1-10(28)33-17-7-5-15-21(19(17)26)35-22-16(6-8-18(20(22)27)34-11(2)29)25(15)14-4-3-12(23(30)31)9-13(14)24(32)36-25/h3-9H,1-2H3,(H,30,31). The van der Waals surface area contributed by atoms with Crippen molar-refractivity contribution in [3.05, 3.63) is 79.2 Å². The van der Waals surface area contributed by atoms with E-state index in [2.05, 4.69) is 31.9 Å². The van der Waals surface area contributed by atoms with Crippen molar-refractivity contribution in [1.29, 1.82) is 0 Å². The maximum absolute atomic E-state index is 13.1. The highest BCUT2D eigenvalue weighted by molar-refractivity contribution is 9.11. The highest BCUT2D eigenvalue weighted by Gasteiger charge is 2.55. The van der Waals surface area contributed by atoms with E-state index in [-0.39, 0.29) is 43.1 Å². The minimum Gasteiger partial charge on any atom is -0.478 e. The smallest absolute Gasteiger partial charge is 0.340 e. The van der Waals surface area contributed by atoms with Crippen LogP contribution in [0.1, 0.15) is 51.3 Å². The molecule has 2 aliphatic rings. The van der Waals surface area contributed by atoms with Crippen LogP contribution in [0.5, 0.6) is 23.0 Å². The van der Waals surface area contributed by atoms with E-state index in [1.807, 2.05) is 0 Å². The second-order valence-corrected chi connectivity index (χ2v) is 9.52. The largest absolute Gasteiger partial charge is 0.478 e. The van der Waals surface area contributed by atoms with E-state index in [4.69, 9.17) is 18.9 Å². The van der Waals surface area contributed by atoms with Gasteiger partial charge < -0.3 is 24.1 Å². The van der Waals surface area contributed by atoms with E-state index in [0.717, 1.165) is 0 Å². The van der Waals surface area contributed by atoms with Crippen molar-refractivity contribution in [3.63, 3.8) is 0 Å².